The van der Waals surface area contributed by atoms with E-state index in [9.17, 15) is 0 Å². The van der Waals surface area contributed by atoms with Crippen LogP contribution in [-0.2, 0) is 6.42 Å². The van der Waals surface area contributed by atoms with Gasteiger partial charge in [-0.2, -0.15) is 0 Å². The zero-order valence-corrected chi connectivity index (χ0v) is 17.7. The third kappa shape index (κ3) is 3.85. The molecule has 0 spiro atoms. The summed E-state index contributed by atoms with van der Waals surface area (Å²) in [7, 11) is 0. The summed E-state index contributed by atoms with van der Waals surface area (Å²) in [6.45, 7) is 0.707. The van der Waals surface area contributed by atoms with Crippen molar-refractivity contribution in [3.05, 3.63) is 107 Å². The van der Waals surface area contributed by atoms with Gasteiger partial charge in [-0.3, -0.25) is 0 Å². The number of hydrogen-bond donors (Lipinski definition) is 1. The largest absolute Gasteiger partial charge is 0.491 e. The molecule has 0 bridgehead atoms. The molecular formula is C27H26ClNO. The second kappa shape index (κ2) is 8.57. The van der Waals surface area contributed by atoms with Crippen LogP contribution < -0.4 is 10.1 Å². The molecule has 30 heavy (non-hydrogen) atoms. The van der Waals surface area contributed by atoms with Crippen molar-refractivity contribution in [2.75, 3.05) is 11.9 Å². The maximum atomic E-state index is 6.31. The molecule has 3 aromatic rings. The SMILES string of the molecule is Clc1cccc(C2Nc3c(OCCCc4ccccc4)cccc3C3C=CCC32)c1. The molecule has 0 aromatic heterocycles. The third-order valence-corrected chi connectivity index (χ3v) is 6.51. The van der Waals surface area contributed by atoms with Gasteiger partial charge in [0.25, 0.3) is 0 Å². The Labute approximate surface area is 183 Å². The Bertz CT molecular complexity index is 1050. The molecule has 1 aliphatic heterocycles. The lowest BCUT2D eigenvalue weighted by Crippen LogP contribution is -2.29. The molecule has 1 heterocycles. The third-order valence-electron chi connectivity index (χ3n) is 6.28. The highest BCUT2D eigenvalue weighted by atomic mass is 35.5. The molecular weight excluding hydrogens is 390 g/mol. The minimum absolute atomic E-state index is 0.227. The van der Waals surface area contributed by atoms with Gasteiger partial charge >= 0.3 is 0 Å². The topological polar surface area (TPSA) is 21.3 Å². The monoisotopic (exact) mass is 415 g/mol. The van der Waals surface area contributed by atoms with E-state index in [1.807, 2.05) is 12.1 Å². The van der Waals surface area contributed by atoms with E-state index in [1.54, 1.807) is 0 Å². The Morgan fingerprint density at radius 3 is 2.70 bits per heavy atom. The fourth-order valence-corrected chi connectivity index (χ4v) is 5.04. The van der Waals surface area contributed by atoms with Crippen LogP contribution in [0.2, 0.25) is 5.02 Å². The van der Waals surface area contributed by atoms with Crippen molar-refractivity contribution in [2.45, 2.75) is 31.2 Å². The van der Waals surface area contributed by atoms with Crippen LogP contribution in [0, 0.1) is 5.92 Å². The number of para-hydroxylation sites is 1. The smallest absolute Gasteiger partial charge is 0.142 e. The predicted octanol–water partition coefficient (Wildman–Crippen LogP) is 7.18. The summed E-state index contributed by atoms with van der Waals surface area (Å²) in [6, 6.07) is 25.5. The second-order valence-corrected chi connectivity index (χ2v) is 8.62. The standard InChI is InChI=1S/C27H26ClNO/c28-21-12-4-11-20(18-21)26-23-14-5-13-22(23)24-15-6-16-25(27(24)29-26)30-17-7-10-19-8-2-1-3-9-19/h1-6,8-9,11-13,15-16,18,22-23,26,29H,7,10,14,17H2. The zero-order valence-electron chi connectivity index (χ0n) is 16.9. The van der Waals surface area contributed by atoms with E-state index >= 15 is 0 Å². The summed E-state index contributed by atoms with van der Waals surface area (Å²) in [5.74, 6) is 1.87. The van der Waals surface area contributed by atoms with Gasteiger partial charge in [-0.05, 0) is 60.1 Å². The minimum atomic E-state index is 0.227. The molecule has 3 heteroatoms. The zero-order chi connectivity index (χ0) is 20.3. The number of benzene rings is 3. The molecule has 2 aliphatic rings. The van der Waals surface area contributed by atoms with Crippen molar-refractivity contribution in [3.63, 3.8) is 0 Å². The van der Waals surface area contributed by atoms with Crippen molar-refractivity contribution in [1.82, 2.24) is 0 Å². The lowest BCUT2D eigenvalue weighted by atomic mass is 9.77. The van der Waals surface area contributed by atoms with Crippen LogP contribution in [0.3, 0.4) is 0 Å². The average Bonchev–Trinajstić information content (AvgIpc) is 3.27. The van der Waals surface area contributed by atoms with Gasteiger partial charge in [0.15, 0.2) is 0 Å². The van der Waals surface area contributed by atoms with E-state index in [0.717, 1.165) is 35.7 Å². The quantitative estimate of drug-likeness (QED) is 0.340. The van der Waals surface area contributed by atoms with Gasteiger partial charge in [0.05, 0.1) is 18.3 Å². The number of ether oxygens (including phenoxy) is 1. The van der Waals surface area contributed by atoms with Gasteiger partial charge in [-0.15, -0.1) is 0 Å². The van der Waals surface area contributed by atoms with Gasteiger partial charge in [-0.25, -0.2) is 0 Å². The minimum Gasteiger partial charge on any atom is -0.491 e. The molecule has 1 aliphatic carbocycles. The molecule has 2 nitrogen and oxygen atoms in total. The lowest BCUT2D eigenvalue weighted by molar-refractivity contribution is 0.309. The highest BCUT2D eigenvalue weighted by molar-refractivity contribution is 6.30. The molecule has 0 amide bonds. The van der Waals surface area contributed by atoms with Crippen LogP contribution in [0.4, 0.5) is 5.69 Å². The molecule has 3 aromatic carbocycles. The van der Waals surface area contributed by atoms with Crippen molar-refractivity contribution in [3.8, 4) is 5.75 Å². The van der Waals surface area contributed by atoms with Crippen molar-refractivity contribution in [1.29, 1.82) is 0 Å². The highest BCUT2D eigenvalue weighted by Crippen LogP contribution is 2.52. The summed E-state index contributed by atoms with van der Waals surface area (Å²) in [5.41, 5.74) is 5.07. The van der Waals surface area contributed by atoms with Gasteiger partial charge in [0.2, 0.25) is 0 Å². The maximum Gasteiger partial charge on any atom is 0.142 e. The molecule has 152 valence electrons. The summed E-state index contributed by atoms with van der Waals surface area (Å²) >= 11 is 6.31. The van der Waals surface area contributed by atoms with E-state index in [2.05, 4.69) is 78.1 Å². The molecule has 5 rings (SSSR count). The number of rotatable bonds is 6. The van der Waals surface area contributed by atoms with Gasteiger partial charge < -0.3 is 10.1 Å². The van der Waals surface area contributed by atoms with Gasteiger partial charge in [-0.1, -0.05) is 78.4 Å². The number of hydrogen-bond acceptors (Lipinski definition) is 2. The molecule has 3 atom stereocenters. The van der Waals surface area contributed by atoms with Crippen molar-refractivity contribution < 1.29 is 4.74 Å². The number of aryl methyl sites for hydroxylation is 1. The first-order valence-electron chi connectivity index (χ1n) is 10.8. The second-order valence-electron chi connectivity index (χ2n) is 8.19. The Kier molecular flexibility index (Phi) is 5.50. The van der Waals surface area contributed by atoms with Crippen LogP contribution in [0.5, 0.6) is 5.75 Å². The Morgan fingerprint density at radius 2 is 1.83 bits per heavy atom. The first-order valence-corrected chi connectivity index (χ1v) is 11.2. The van der Waals surface area contributed by atoms with Crippen LogP contribution in [-0.4, -0.2) is 6.61 Å². The normalized spacial score (nSPS) is 21.6. The fraction of sp³-hybridized carbons (Fsp3) is 0.259. The number of anilines is 1. The first-order chi connectivity index (χ1) is 14.8. The molecule has 0 saturated carbocycles. The van der Waals surface area contributed by atoms with E-state index in [0.29, 0.717) is 18.4 Å². The van der Waals surface area contributed by atoms with E-state index in [4.69, 9.17) is 16.3 Å². The number of halogens is 1. The Hall–Kier alpha value is -2.71. The first kappa shape index (κ1) is 19.3. The summed E-state index contributed by atoms with van der Waals surface area (Å²) in [5, 5.41) is 4.60. The molecule has 0 fully saturated rings. The van der Waals surface area contributed by atoms with E-state index in [-0.39, 0.29) is 6.04 Å². The highest BCUT2D eigenvalue weighted by Gasteiger charge is 2.39. The molecule has 0 radical (unpaired) electrons. The average molecular weight is 416 g/mol. The summed E-state index contributed by atoms with van der Waals surface area (Å²) in [6.07, 6.45) is 7.79. The molecule has 3 unspecified atom stereocenters. The molecule has 1 N–H and O–H groups in total. The summed E-state index contributed by atoms with van der Waals surface area (Å²) < 4.78 is 6.27. The number of allylic oxidation sites excluding steroid dienone is 2. The van der Waals surface area contributed by atoms with Crippen molar-refractivity contribution in [2.24, 2.45) is 5.92 Å². The van der Waals surface area contributed by atoms with E-state index < -0.39 is 0 Å². The predicted molar refractivity (Wildman–Crippen MR) is 125 cm³/mol. The summed E-state index contributed by atoms with van der Waals surface area (Å²) in [4.78, 5) is 0. The van der Waals surface area contributed by atoms with Crippen LogP contribution in [0.15, 0.2) is 84.9 Å². The van der Waals surface area contributed by atoms with Gasteiger partial charge in [0, 0.05) is 10.9 Å². The van der Waals surface area contributed by atoms with Crippen LogP contribution in [0.1, 0.15) is 41.5 Å². The molecule has 0 saturated heterocycles. The van der Waals surface area contributed by atoms with Crippen LogP contribution >= 0.6 is 11.6 Å². The van der Waals surface area contributed by atoms with E-state index in [1.165, 1.54) is 16.7 Å². The Morgan fingerprint density at radius 1 is 0.967 bits per heavy atom. The lowest BCUT2D eigenvalue weighted by Gasteiger charge is -2.38. The number of nitrogens with one attached hydrogen (secondary N) is 1. The van der Waals surface area contributed by atoms with Crippen LogP contribution in [0.25, 0.3) is 0 Å². The van der Waals surface area contributed by atoms with Crippen molar-refractivity contribution >= 4 is 17.3 Å². The maximum absolute atomic E-state index is 6.31. The number of fused-ring (bicyclic) bond motifs is 3. The Balaban J connectivity index is 1.36. The fourth-order valence-electron chi connectivity index (χ4n) is 4.85. The van der Waals surface area contributed by atoms with Gasteiger partial charge in [0.1, 0.15) is 5.75 Å².